The van der Waals surface area contributed by atoms with Crippen molar-refractivity contribution in [1.82, 2.24) is 14.9 Å². The third-order valence-corrected chi connectivity index (χ3v) is 2.78. The van der Waals surface area contributed by atoms with E-state index in [2.05, 4.69) is 10.3 Å². The van der Waals surface area contributed by atoms with Crippen molar-refractivity contribution in [3.63, 3.8) is 0 Å². The minimum atomic E-state index is -0.185. The average molecular weight is 244 g/mol. The number of nitrogens with one attached hydrogen (secondary N) is 1. The third-order valence-electron chi connectivity index (χ3n) is 2.78. The summed E-state index contributed by atoms with van der Waals surface area (Å²) in [5.41, 5.74) is 7.84. The maximum atomic E-state index is 12.0. The smallest absolute Gasteiger partial charge is 0.253 e. The number of aromatic nitrogens is 2. The van der Waals surface area contributed by atoms with Gasteiger partial charge in [0.2, 0.25) is 0 Å². The normalized spacial score (nSPS) is 10.3. The molecule has 1 aromatic carbocycles. The zero-order chi connectivity index (χ0) is 13.1. The molecule has 1 amide bonds. The van der Waals surface area contributed by atoms with Crippen LogP contribution in [0.5, 0.6) is 0 Å². The summed E-state index contributed by atoms with van der Waals surface area (Å²) in [5.74, 6) is 0.615. The first-order valence-corrected chi connectivity index (χ1v) is 5.68. The minimum Gasteiger partial charge on any atom is -0.398 e. The number of nitrogen functional groups attached to an aromatic ring is 1. The molecule has 0 radical (unpaired) electrons. The zero-order valence-corrected chi connectivity index (χ0v) is 10.5. The standard InChI is InChI=1S/C13H16N4O/c1-9-3-4-10(11(14)7-9)13(18)16-8-12-15-5-6-17(12)2/h3-7H,8,14H2,1-2H3,(H,16,18). The van der Waals surface area contributed by atoms with Crippen molar-refractivity contribution in [2.75, 3.05) is 5.73 Å². The Labute approximate surface area is 106 Å². The quantitative estimate of drug-likeness (QED) is 0.798. The van der Waals surface area contributed by atoms with Crippen LogP contribution in [0.3, 0.4) is 0 Å². The number of benzene rings is 1. The molecule has 0 saturated carbocycles. The SMILES string of the molecule is Cc1ccc(C(=O)NCc2nccn2C)c(N)c1. The number of aryl methyl sites for hydroxylation is 2. The van der Waals surface area contributed by atoms with Crippen molar-refractivity contribution in [3.8, 4) is 0 Å². The lowest BCUT2D eigenvalue weighted by Gasteiger charge is -2.08. The first-order chi connectivity index (χ1) is 8.58. The second-order valence-corrected chi connectivity index (χ2v) is 4.23. The Hall–Kier alpha value is -2.30. The number of imidazole rings is 1. The number of carbonyl (C=O) groups is 1. The Morgan fingerprint density at radius 1 is 1.50 bits per heavy atom. The van der Waals surface area contributed by atoms with E-state index in [0.717, 1.165) is 11.4 Å². The van der Waals surface area contributed by atoms with Crippen LogP contribution < -0.4 is 11.1 Å². The van der Waals surface area contributed by atoms with Crippen molar-refractivity contribution in [1.29, 1.82) is 0 Å². The molecule has 0 aliphatic heterocycles. The zero-order valence-electron chi connectivity index (χ0n) is 10.5. The van der Waals surface area contributed by atoms with Crippen LogP contribution in [0.4, 0.5) is 5.69 Å². The summed E-state index contributed by atoms with van der Waals surface area (Å²) in [6.45, 7) is 2.32. The van der Waals surface area contributed by atoms with Crippen molar-refractivity contribution >= 4 is 11.6 Å². The fourth-order valence-electron chi connectivity index (χ4n) is 1.71. The lowest BCUT2D eigenvalue weighted by atomic mass is 10.1. The van der Waals surface area contributed by atoms with Crippen LogP contribution in [0, 0.1) is 6.92 Å². The molecular formula is C13H16N4O. The van der Waals surface area contributed by atoms with Crippen LogP contribution in [-0.4, -0.2) is 15.5 Å². The molecular weight excluding hydrogens is 228 g/mol. The molecule has 5 heteroatoms. The number of hydrogen-bond donors (Lipinski definition) is 2. The van der Waals surface area contributed by atoms with Crippen molar-refractivity contribution in [2.24, 2.45) is 7.05 Å². The molecule has 0 bridgehead atoms. The maximum absolute atomic E-state index is 12.0. The Balaban J connectivity index is 2.06. The Bertz CT molecular complexity index is 574. The van der Waals surface area contributed by atoms with Crippen LogP contribution in [0.15, 0.2) is 30.6 Å². The number of hydrogen-bond acceptors (Lipinski definition) is 3. The first kappa shape index (κ1) is 12.2. The molecule has 3 N–H and O–H groups in total. The Kier molecular flexibility index (Phi) is 3.32. The number of amides is 1. The van der Waals surface area contributed by atoms with Gasteiger partial charge in [-0.3, -0.25) is 4.79 Å². The van der Waals surface area contributed by atoms with Gasteiger partial charge in [0.25, 0.3) is 5.91 Å². The van der Waals surface area contributed by atoms with Crippen molar-refractivity contribution in [2.45, 2.75) is 13.5 Å². The van der Waals surface area contributed by atoms with Crippen molar-refractivity contribution in [3.05, 3.63) is 47.5 Å². The maximum Gasteiger partial charge on any atom is 0.253 e. The van der Waals surface area contributed by atoms with E-state index in [1.807, 2.05) is 30.8 Å². The van der Waals surface area contributed by atoms with E-state index in [0.29, 0.717) is 17.8 Å². The van der Waals surface area contributed by atoms with Gasteiger partial charge < -0.3 is 15.6 Å². The van der Waals surface area contributed by atoms with E-state index in [-0.39, 0.29) is 5.91 Å². The van der Waals surface area contributed by atoms with Gasteiger partial charge in [-0.05, 0) is 24.6 Å². The number of rotatable bonds is 3. The highest BCUT2D eigenvalue weighted by Crippen LogP contribution is 2.13. The van der Waals surface area contributed by atoms with Gasteiger partial charge in [0.15, 0.2) is 0 Å². The second kappa shape index (κ2) is 4.91. The van der Waals surface area contributed by atoms with E-state index in [1.165, 1.54) is 0 Å². The van der Waals surface area contributed by atoms with Crippen LogP contribution >= 0.6 is 0 Å². The van der Waals surface area contributed by atoms with Gasteiger partial charge in [0.05, 0.1) is 12.1 Å². The van der Waals surface area contributed by atoms with E-state index in [9.17, 15) is 4.79 Å². The molecule has 0 aliphatic carbocycles. The predicted octanol–water partition coefficient (Wildman–Crippen LogP) is 1.24. The molecule has 0 spiro atoms. The molecule has 0 atom stereocenters. The lowest BCUT2D eigenvalue weighted by molar-refractivity contribution is 0.0950. The molecule has 0 fully saturated rings. The van der Waals surface area contributed by atoms with Gasteiger partial charge in [0, 0.05) is 25.1 Å². The number of anilines is 1. The van der Waals surface area contributed by atoms with Crippen LogP contribution in [0.1, 0.15) is 21.7 Å². The highest BCUT2D eigenvalue weighted by molar-refractivity contribution is 5.99. The van der Waals surface area contributed by atoms with Crippen LogP contribution in [-0.2, 0) is 13.6 Å². The first-order valence-electron chi connectivity index (χ1n) is 5.68. The van der Waals surface area contributed by atoms with Gasteiger partial charge in [-0.15, -0.1) is 0 Å². The summed E-state index contributed by atoms with van der Waals surface area (Å²) in [7, 11) is 1.88. The monoisotopic (exact) mass is 244 g/mol. The highest BCUT2D eigenvalue weighted by atomic mass is 16.1. The van der Waals surface area contributed by atoms with Gasteiger partial charge in [-0.25, -0.2) is 4.98 Å². The summed E-state index contributed by atoms with van der Waals surface area (Å²) >= 11 is 0. The number of nitrogens with two attached hydrogens (primary N) is 1. The topological polar surface area (TPSA) is 72.9 Å². The lowest BCUT2D eigenvalue weighted by Crippen LogP contribution is -2.25. The van der Waals surface area contributed by atoms with E-state index in [4.69, 9.17) is 5.73 Å². The highest BCUT2D eigenvalue weighted by Gasteiger charge is 2.10. The number of carbonyl (C=O) groups excluding carboxylic acids is 1. The summed E-state index contributed by atoms with van der Waals surface area (Å²) in [4.78, 5) is 16.1. The third kappa shape index (κ3) is 2.51. The fourth-order valence-corrected chi connectivity index (χ4v) is 1.71. The van der Waals surface area contributed by atoms with E-state index in [1.54, 1.807) is 18.3 Å². The van der Waals surface area contributed by atoms with Gasteiger partial charge >= 0.3 is 0 Å². The van der Waals surface area contributed by atoms with Crippen LogP contribution in [0.25, 0.3) is 0 Å². The summed E-state index contributed by atoms with van der Waals surface area (Å²) in [5, 5.41) is 2.80. The molecule has 18 heavy (non-hydrogen) atoms. The molecule has 0 aliphatic rings. The Morgan fingerprint density at radius 3 is 2.89 bits per heavy atom. The minimum absolute atomic E-state index is 0.185. The molecule has 1 aromatic heterocycles. The Morgan fingerprint density at radius 2 is 2.28 bits per heavy atom. The predicted molar refractivity (Wildman–Crippen MR) is 70.0 cm³/mol. The summed E-state index contributed by atoms with van der Waals surface area (Å²) < 4.78 is 1.86. The van der Waals surface area contributed by atoms with Gasteiger partial charge in [-0.2, -0.15) is 0 Å². The van der Waals surface area contributed by atoms with E-state index < -0.39 is 0 Å². The molecule has 5 nitrogen and oxygen atoms in total. The largest absolute Gasteiger partial charge is 0.398 e. The molecule has 2 aromatic rings. The average Bonchev–Trinajstić information content (AvgIpc) is 2.72. The molecule has 0 saturated heterocycles. The molecule has 94 valence electrons. The fraction of sp³-hybridized carbons (Fsp3) is 0.231. The van der Waals surface area contributed by atoms with E-state index >= 15 is 0 Å². The van der Waals surface area contributed by atoms with Crippen molar-refractivity contribution < 1.29 is 4.79 Å². The number of nitrogens with zero attached hydrogens (tertiary/aromatic N) is 2. The molecule has 0 unspecified atom stereocenters. The second-order valence-electron chi connectivity index (χ2n) is 4.23. The summed E-state index contributed by atoms with van der Waals surface area (Å²) in [6, 6.07) is 5.39. The van der Waals surface area contributed by atoms with Gasteiger partial charge in [0.1, 0.15) is 5.82 Å². The van der Waals surface area contributed by atoms with Crippen LogP contribution in [0.2, 0.25) is 0 Å². The molecule has 1 heterocycles. The molecule has 2 rings (SSSR count). The van der Waals surface area contributed by atoms with Gasteiger partial charge in [-0.1, -0.05) is 6.07 Å². The summed E-state index contributed by atoms with van der Waals surface area (Å²) in [6.07, 6.45) is 3.53.